The van der Waals surface area contributed by atoms with Crippen molar-refractivity contribution in [1.29, 1.82) is 0 Å². The summed E-state index contributed by atoms with van der Waals surface area (Å²) in [5.74, 6) is 1.71. The third-order valence-electron chi connectivity index (χ3n) is 9.99. The highest BCUT2D eigenvalue weighted by atomic mass is 32.2. The second-order valence-corrected chi connectivity index (χ2v) is 16.3. The molecule has 0 aromatic carbocycles. The molecule has 0 radical (unpaired) electrons. The number of hydrogen-bond donors (Lipinski definition) is 4. The molecule has 13 nitrogen and oxygen atoms in total. The SMILES string of the molecule is CC(C)(O)C1CCC(Nc2cc(Nc3ccnc(-c4cnn(S(=O)(=O)C5CC5)c4)n3)ncc2-c2ccc(CN3CCC(O)CC3)cn2)CC1. The van der Waals surface area contributed by atoms with Crippen molar-refractivity contribution < 1.29 is 18.6 Å². The highest BCUT2D eigenvalue weighted by Gasteiger charge is 2.38. The van der Waals surface area contributed by atoms with Crippen molar-refractivity contribution in [2.75, 3.05) is 23.7 Å². The summed E-state index contributed by atoms with van der Waals surface area (Å²) >= 11 is 0. The third-order valence-corrected chi connectivity index (χ3v) is 12.0. The smallest absolute Gasteiger partial charge is 0.256 e. The molecule has 260 valence electrons. The zero-order valence-electron chi connectivity index (χ0n) is 28.0. The van der Waals surface area contributed by atoms with Gasteiger partial charge in [0.25, 0.3) is 10.0 Å². The van der Waals surface area contributed by atoms with Gasteiger partial charge in [-0.3, -0.25) is 9.88 Å². The molecule has 2 aliphatic carbocycles. The van der Waals surface area contributed by atoms with Crippen molar-refractivity contribution in [3.05, 3.63) is 60.8 Å². The maximum Gasteiger partial charge on any atom is 0.256 e. The maximum absolute atomic E-state index is 12.6. The van der Waals surface area contributed by atoms with E-state index in [1.54, 1.807) is 12.3 Å². The molecule has 0 unspecified atom stereocenters. The molecule has 0 amide bonds. The standard InChI is InChI=1S/C35H45N9O4S/c1-35(2,46)25-4-6-26(7-5-25)40-31-17-33(38-20-29(31)30-10-3-23(18-37-30)21-43-15-12-27(45)13-16-43)41-32-11-14-36-34(42-32)24-19-39-44(22-24)49(47,48)28-8-9-28/h3,10-11,14,17-20,22,25-28,45-46H,4-9,12-13,15-16,21H2,1-2H3,(H2,36,38,40,41,42). The number of aliphatic hydroxyl groups excluding tert-OH is 1. The highest BCUT2D eigenvalue weighted by Crippen LogP contribution is 2.36. The molecule has 1 saturated heterocycles. The third kappa shape index (κ3) is 7.93. The fraction of sp³-hybridized carbons (Fsp3) is 0.514. The number of nitrogens with zero attached hydrogens (tertiary/aromatic N) is 7. The van der Waals surface area contributed by atoms with Crippen LogP contribution >= 0.6 is 0 Å². The molecule has 14 heteroatoms. The van der Waals surface area contributed by atoms with Crippen LogP contribution in [0.3, 0.4) is 0 Å². The van der Waals surface area contributed by atoms with Gasteiger partial charge in [0.15, 0.2) is 5.82 Å². The van der Waals surface area contributed by atoms with Crippen molar-refractivity contribution >= 4 is 27.3 Å². The average Bonchev–Trinajstić information content (AvgIpc) is 3.83. The Bertz CT molecular complexity index is 1860. The average molecular weight is 688 g/mol. The van der Waals surface area contributed by atoms with Crippen LogP contribution < -0.4 is 10.6 Å². The molecule has 4 aromatic heterocycles. The predicted octanol–water partition coefficient (Wildman–Crippen LogP) is 4.58. The van der Waals surface area contributed by atoms with Crippen LogP contribution in [-0.2, 0) is 16.6 Å². The lowest BCUT2D eigenvalue weighted by molar-refractivity contribution is -0.000393. The zero-order valence-corrected chi connectivity index (χ0v) is 28.8. The zero-order chi connectivity index (χ0) is 34.2. The lowest BCUT2D eigenvalue weighted by atomic mass is 9.77. The van der Waals surface area contributed by atoms with Gasteiger partial charge in [-0.15, -0.1) is 0 Å². The minimum atomic E-state index is -3.49. The summed E-state index contributed by atoms with van der Waals surface area (Å²) in [6.45, 7) is 6.36. The van der Waals surface area contributed by atoms with Crippen LogP contribution in [-0.4, -0.2) is 88.7 Å². The molecule has 0 spiro atoms. The Hall–Kier alpha value is -3.98. The molecule has 2 saturated carbocycles. The minimum Gasteiger partial charge on any atom is -0.393 e. The van der Waals surface area contributed by atoms with Gasteiger partial charge in [-0.2, -0.15) is 9.19 Å². The Labute approximate surface area is 287 Å². The summed E-state index contributed by atoms with van der Waals surface area (Å²) in [5, 5.41) is 31.2. The number of aromatic nitrogens is 6. The van der Waals surface area contributed by atoms with Gasteiger partial charge in [-0.05, 0) is 88.8 Å². The van der Waals surface area contributed by atoms with Crippen LogP contribution in [0.1, 0.15) is 70.8 Å². The van der Waals surface area contributed by atoms with E-state index in [0.29, 0.717) is 35.9 Å². The quantitative estimate of drug-likeness (QED) is 0.173. The van der Waals surface area contributed by atoms with Gasteiger partial charge in [-0.1, -0.05) is 6.07 Å². The molecule has 3 fully saturated rings. The van der Waals surface area contributed by atoms with Crippen molar-refractivity contribution in [2.24, 2.45) is 5.92 Å². The van der Waals surface area contributed by atoms with E-state index in [-0.39, 0.29) is 23.3 Å². The van der Waals surface area contributed by atoms with Crippen LogP contribution in [0.5, 0.6) is 0 Å². The first-order valence-electron chi connectivity index (χ1n) is 17.3. The molecule has 0 bridgehead atoms. The van der Waals surface area contributed by atoms with E-state index in [2.05, 4.69) is 36.7 Å². The largest absolute Gasteiger partial charge is 0.393 e. The van der Waals surface area contributed by atoms with Gasteiger partial charge < -0.3 is 20.8 Å². The van der Waals surface area contributed by atoms with Crippen LogP contribution in [0.2, 0.25) is 0 Å². The normalized spacial score (nSPS) is 21.1. The van der Waals surface area contributed by atoms with Crippen molar-refractivity contribution in [1.82, 2.24) is 34.0 Å². The second-order valence-electron chi connectivity index (χ2n) is 14.3. The summed E-state index contributed by atoms with van der Waals surface area (Å²) in [6, 6.07) is 8.08. The predicted molar refractivity (Wildman–Crippen MR) is 188 cm³/mol. The van der Waals surface area contributed by atoms with Crippen molar-refractivity contribution in [3.8, 4) is 22.6 Å². The fourth-order valence-corrected chi connectivity index (χ4v) is 8.28. The van der Waals surface area contributed by atoms with Crippen LogP contribution in [0.4, 0.5) is 17.3 Å². The monoisotopic (exact) mass is 687 g/mol. The van der Waals surface area contributed by atoms with Crippen molar-refractivity contribution in [3.63, 3.8) is 0 Å². The molecular formula is C35H45N9O4S. The molecule has 4 aromatic rings. The number of pyridine rings is 2. The summed E-state index contributed by atoms with van der Waals surface area (Å²) in [7, 11) is -3.49. The summed E-state index contributed by atoms with van der Waals surface area (Å²) in [5.41, 5.74) is 3.54. The first-order valence-corrected chi connectivity index (χ1v) is 18.8. The molecule has 1 aliphatic heterocycles. The number of anilines is 3. The second kappa shape index (κ2) is 13.7. The molecule has 4 N–H and O–H groups in total. The Kier molecular flexibility index (Phi) is 9.39. The van der Waals surface area contributed by atoms with Crippen LogP contribution in [0, 0.1) is 5.92 Å². The number of aliphatic hydroxyl groups is 2. The van der Waals surface area contributed by atoms with Gasteiger partial charge in [0.05, 0.1) is 40.6 Å². The van der Waals surface area contributed by atoms with E-state index in [1.807, 2.05) is 38.4 Å². The number of likely N-dealkylation sites (tertiary alicyclic amines) is 1. The number of rotatable bonds is 11. The van der Waals surface area contributed by atoms with E-state index < -0.39 is 15.6 Å². The minimum absolute atomic E-state index is 0.197. The molecule has 49 heavy (non-hydrogen) atoms. The van der Waals surface area contributed by atoms with Crippen LogP contribution in [0.15, 0.2) is 55.2 Å². The van der Waals surface area contributed by atoms with E-state index >= 15 is 0 Å². The molecule has 7 rings (SSSR count). The van der Waals surface area contributed by atoms with Gasteiger partial charge in [0.1, 0.15) is 11.6 Å². The Morgan fingerprint density at radius 3 is 2.39 bits per heavy atom. The summed E-state index contributed by atoms with van der Waals surface area (Å²) in [4.78, 5) is 20.9. The fourth-order valence-electron chi connectivity index (χ4n) is 6.80. The summed E-state index contributed by atoms with van der Waals surface area (Å²) in [6.07, 6.45) is 14.8. The Balaban J connectivity index is 1.11. The highest BCUT2D eigenvalue weighted by molar-refractivity contribution is 7.90. The van der Waals surface area contributed by atoms with Gasteiger partial charge in [0, 0.05) is 61.6 Å². The van der Waals surface area contributed by atoms with Gasteiger partial charge in [-0.25, -0.2) is 23.4 Å². The first kappa shape index (κ1) is 33.5. The Morgan fingerprint density at radius 2 is 1.69 bits per heavy atom. The van der Waals surface area contributed by atoms with E-state index in [0.717, 1.165) is 84.8 Å². The van der Waals surface area contributed by atoms with E-state index in [1.165, 1.54) is 12.4 Å². The lowest BCUT2D eigenvalue weighted by Gasteiger charge is -2.36. The topological polar surface area (TPSA) is 171 Å². The molecule has 0 atom stereocenters. The van der Waals surface area contributed by atoms with Gasteiger partial charge in [0.2, 0.25) is 0 Å². The number of piperidine rings is 1. The first-order chi connectivity index (χ1) is 23.5. The lowest BCUT2D eigenvalue weighted by Crippen LogP contribution is -2.37. The number of nitrogens with one attached hydrogen (secondary N) is 2. The van der Waals surface area contributed by atoms with E-state index in [4.69, 9.17) is 9.97 Å². The molecular weight excluding hydrogens is 643 g/mol. The number of hydrogen-bond acceptors (Lipinski definition) is 12. The van der Waals surface area contributed by atoms with Crippen molar-refractivity contribution in [2.45, 2.75) is 94.8 Å². The molecule has 5 heterocycles. The van der Waals surface area contributed by atoms with E-state index in [9.17, 15) is 18.6 Å². The van der Waals surface area contributed by atoms with Gasteiger partial charge >= 0.3 is 0 Å². The summed E-state index contributed by atoms with van der Waals surface area (Å²) < 4.78 is 26.3. The van der Waals surface area contributed by atoms with Crippen LogP contribution in [0.25, 0.3) is 22.6 Å². The Morgan fingerprint density at radius 1 is 0.918 bits per heavy atom. The maximum atomic E-state index is 12.6. The molecule has 3 aliphatic rings.